The Morgan fingerprint density at radius 2 is 1.93 bits per heavy atom. The van der Waals surface area contributed by atoms with E-state index in [9.17, 15) is 13.7 Å². The highest BCUT2D eigenvalue weighted by Gasteiger charge is 2.24. The molecule has 28 heavy (non-hydrogen) atoms. The maximum Gasteiger partial charge on any atom is 0.218 e. The fraction of sp³-hybridized carbons (Fsp3) is 0.150. The van der Waals surface area contributed by atoms with Crippen LogP contribution in [-0.4, -0.2) is 21.6 Å². The average molecular weight is 436 g/mol. The van der Waals surface area contributed by atoms with E-state index in [0.717, 1.165) is 0 Å². The van der Waals surface area contributed by atoms with Crippen molar-refractivity contribution in [2.45, 2.75) is 11.8 Å². The summed E-state index contributed by atoms with van der Waals surface area (Å²) < 4.78 is 36.6. The molecule has 0 aliphatic carbocycles. The van der Waals surface area contributed by atoms with Gasteiger partial charge in [-0.1, -0.05) is 35.2 Å². The molecule has 0 saturated heterocycles. The standard InChI is InChI=1S/C20H15Cl2NO4S/c1-3-9-27-18-8-5-14(11-19(18)26-4-2)10-16(13-23)28(24,25)20-12-15(21)6-7-17(20)22/h1,5-8,10-12H,4,9H2,2H3/b16-10+. The van der Waals surface area contributed by atoms with Crippen molar-refractivity contribution in [1.82, 2.24) is 0 Å². The van der Waals surface area contributed by atoms with Gasteiger partial charge in [0.1, 0.15) is 17.6 Å². The summed E-state index contributed by atoms with van der Waals surface area (Å²) in [6, 6.07) is 10.5. The Hall–Kier alpha value is -2.64. The molecule has 0 unspecified atom stereocenters. The number of allylic oxidation sites excluding steroid dienone is 1. The molecule has 0 spiro atoms. The lowest BCUT2D eigenvalue weighted by molar-refractivity contribution is 0.299. The van der Waals surface area contributed by atoms with Crippen molar-refractivity contribution >= 4 is 39.1 Å². The lowest BCUT2D eigenvalue weighted by Gasteiger charge is -2.11. The number of halogens is 2. The molecule has 0 aliphatic rings. The third-order valence-electron chi connectivity index (χ3n) is 3.46. The van der Waals surface area contributed by atoms with E-state index < -0.39 is 14.7 Å². The predicted molar refractivity (Wildman–Crippen MR) is 109 cm³/mol. The van der Waals surface area contributed by atoms with Gasteiger partial charge in [-0.25, -0.2) is 8.42 Å². The smallest absolute Gasteiger partial charge is 0.218 e. The average Bonchev–Trinajstić information content (AvgIpc) is 2.67. The highest BCUT2D eigenvalue weighted by atomic mass is 35.5. The summed E-state index contributed by atoms with van der Waals surface area (Å²) in [6.07, 6.45) is 6.41. The normalized spacial score (nSPS) is 11.4. The number of sulfone groups is 1. The molecule has 0 bridgehead atoms. The fourth-order valence-corrected chi connectivity index (χ4v) is 4.16. The van der Waals surface area contributed by atoms with Crippen molar-refractivity contribution in [2.75, 3.05) is 13.2 Å². The quantitative estimate of drug-likeness (QED) is 0.463. The highest BCUT2D eigenvalue weighted by Crippen LogP contribution is 2.32. The van der Waals surface area contributed by atoms with Crippen molar-refractivity contribution in [3.05, 3.63) is 56.9 Å². The topological polar surface area (TPSA) is 76.4 Å². The summed E-state index contributed by atoms with van der Waals surface area (Å²) in [5.41, 5.74) is 0.426. The molecule has 0 fully saturated rings. The summed E-state index contributed by atoms with van der Waals surface area (Å²) in [5.74, 6) is 3.14. The first-order chi connectivity index (χ1) is 13.3. The zero-order valence-electron chi connectivity index (χ0n) is 14.8. The second-order valence-electron chi connectivity index (χ2n) is 5.33. The van der Waals surface area contributed by atoms with Crippen LogP contribution in [0.1, 0.15) is 12.5 Å². The van der Waals surface area contributed by atoms with Crippen LogP contribution in [0.4, 0.5) is 0 Å². The van der Waals surface area contributed by atoms with Crippen LogP contribution in [0.15, 0.2) is 46.2 Å². The fourth-order valence-electron chi connectivity index (χ4n) is 2.24. The minimum Gasteiger partial charge on any atom is -0.490 e. The van der Waals surface area contributed by atoms with E-state index in [2.05, 4.69) is 5.92 Å². The van der Waals surface area contributed by atoms with Crippen molar-refractivity contribution in [3.8, 4) is 29.9 Å². The molecule has 144 valence electrons. The molecule has 8 heteroatoms. The maximum absolute atomic E-state index is 12.8. The van der Waals surface area contributed by atoms with Crippen molar-refractivity contribution < 1.29 is 17.9 Å². The number of hydrogen-bond donors (Lipinski definition) is 0. The first-order valence-corrected chi connectivity index (χ1v) is 10.2. The molecule has 2 rings (SSSR count). The van der Waals surface area contributed by atoms with E-state index in [0.29, 0.717) is 23.7 Å². The van der Waals surface area contributed by atoms with Gasteiger partial charge >= 0.3 is 0 Å². The van der Waals surface area contributed by atoms with Crippen LogP contribution in [0.2, 0.25) is 10.0 Å². The van der Waals surface area contributed by atoms with Gasteiger partial charge in [-0.3, -0.25) is 0 Å². The van der Waals surface area contributed by atoms with Gasteiger partial charge in [0.25, 0.3) is 0 Å². The van der Waals surface area contributed by atoms with Crippen molar-refractivity contribution in [3.63, 3.8) is 0 Å². The van der Waals surface area contributed by atoms with E-state index >= 15 is 0 Å². The van der Waals surface area contributed by atoms with E-state index in [1.807, 2.05) is 0 Å². The molecule has 5 nitrogen and oxygen atoms in total. The van der Waals surface area contributed by atoms with Crippen LogP contribution in [0, 0.1) is 23.7 Å². The Labute approximate surface area is 174 Å². The molecule has 2 aromatic rings. The van der Waals surface area contributed by atoms with Crippen molar-refractivity contribution in [1.29, 1.82) is 5.26 Å². The van der Waals surface area contributed by atoms with Gasteiger partial charge in [0.15, 0.2) is 11.5 Å². The summed E-state index contributed by atoms with van der Waals surface area (Å²) in [7, 11) is -4.17. The first-order valence-electron chi connectivity index (χ1n) is 7.98. The van der Waals surface area contributed by atoms with E-state index in [1.54, 1.807) is 31.2 Å². The number of nitrogens with zero attached hydrogens (tertiary/aromatic N) is 1. The predicted octanol–water partition coefficient (Wildman–Crippen LogP) is 4.74. The number of hydrogen-bond acceptors (Lipinski definition) is 5. The number of terminal acetylenes is 1. The molecule has 0 saturated carbocycles. The van der Waals surface area contributed by atoms with Crippen LogP contribution in [0.25, 0.3) is 6.08 Å². The van der Waals surface area contributed by atoms with Crippen LogP contribution in [0.5, 0.6) is 11.5 Å². The molecule has 0 aliphatic heterocycles. The molecule has 0 N–H and O–H groups in total. The highest BCUT2D eigenvalue weighted by molar-refractivity contribution is 7.95. The van der Waals surface area contributed by atoms with Gasteiger partial charge < -0.3 is 9.47 Å². The van der Waals surface area contributed by atoms with Gasteiger partial charge in [-0.05, 0) is 48.9 Å². The van der Waals surface area contributed by atoms with Crippen LogP contribution in [-0.2, 0) is 9.84 Å². The van der Waals surface area contributed by atoms with Gasteiger partial charge in [-0.15, -0.1) is 6.42 Å². The number of nitriles is 1. The van der Waals surface area contributed by atoms with Gasteiger partial charge in [-0.2, -0.15) is 5.26 Å². The molecular weight excluding hydrogens is 421 g/mol. The second kappa shape index (κ2) is 9.52. The zero-order valence-corrected chi connectivity index (χ0v) is 17.1. The molecule has 0 amide bonds. The SMILES string of the molecule is C#CCOc1ccc(/C=C(\C#N)S(=O)(=O)c2cc(Cl)ccc2Cl)cc1OCC. The molecule has 2 aromatic carbocycles. The maximum atomic E-state index is 12.8. The number of ether oxygens (including phenoxy) is 2. The lowest BCUT2D eigenvalue weighted by atomic mass is 10.2. The molecular formula is C20H15Cl2NO4S. The number of rotatable bonds is 7. The molecule has 0 aromatic heterocycles. The lowest BCUT2D eigenvalue weighted by Crippen LogP contribution is -2.05. The summed E-state index contributed by atoms with van der Waals surface area (Å²) >= 11 is 11.9. The van der Waals surface area contributed by atoms with Crippen LogP contribution >= 0.6 is 23.2 Å². The summed E-state index contributed by atoms with van der Waals surface area (Å²) in [6.45, 7) is 2.21. The second-order valence-corrected chi connectivity index (χ2v) is 8.06. The number of benzene rings is 2. The summed E-state index contributed by atoms with van der Waals surface area (Å²) in [4.78, 5) is -0.732. The minimum absolute atomic E-state index is 0.0291. The first kappa shape index (κ1) is 21.7. The van der Waals surface area contributed by atoms with E-state index in [1.165, 1.54) is 24.3 Å². The Morgan fingerprint density at radius 3 is 2.57 bits per heavy atom. The third kappa shape index (κ3) is 4.99. The third-order valence-corrected chi connectivity index (χ3v) is 5.84. The summed E-state index contributed by atoms with van der Waals surface area (Å²) in [5, 5.41) is 9.60. The molecule has 0 heterocycles. The van der Waals surface area contributed by atoms with E-state index in [4.69, 9.17) is 39.1 Å². The Bertz CT molecular complexity index is 1100. The Morgan fingerprint density at radius 1 is 1.18 bits per heavy atom. The van der Waals surface area contributed by atoms with Gasteiger partial charge in [0.2, 0.25) is 9.84 Å². The van der Waals surface area contributed by atoms with E-state index in [-0.39, 0.29) is 21.5 Å². The monoisotopic (exact) mass is 435 g/mol. The van der Waals surface area contributed by atoms with Gasteiger partial charge in [0.05, 0.1) is 16.5 Å². The van der Waals surface area contributed by atoms with Gasteiger partial charge in [0, 0.05) is 5.02 Å². The Kier molecular flexibility index (Phi) is 7.37. The Balaban J connectivity index is 2.52. The van der Waals surface area contributed by atoms with Crippen molar-refractivity contribution in [2.24, 2.45) is 0 Å². The zero-order chi connectivity index (χ0) is 20.7. The van der Waals surface area contributed by atoms with Crippen LogP contribution in [0.3, 0.4) is 0 Å². The molecule has 0 atom stereocenters. The minimum atomic E-state index is -4.17. The largest absolute Gasteiger partial charge is 0.490 e. The molecule has 0 radical (unpaired) electrons. The van der Waals surface area contributed by atoms with Crippen LogP contribution < -0.4 is 9.47 Å².